The third-order valence-corrected chi connectivity index (χ3v) is 1.23. The van der Waals surface area contributed by atoms with Gasteiger partial charge in [-0.2, -0.15) is 0 Å². The van der Waals surface area contributed by atoms with Crippen LogP contribution in [0.4, 0.5) is 0 Å². The van der Waals surface area contributed by atoms with Gasteiger partial charge in [0.05, 0.1) is 6.61 Å². The topological polar surface area (TPSA) is 30.5 Å². The first-order valence-corrected chi connectivity index (χ1v) is 2.87. The molecule has 0 bridgehead atoms. The molecule has 3 nitrogen and oxygen atoms in total. The van der Waals surface area contributed by atoms with E-state index in [0.29, 0.717) is 6.61 Å². The zero-order valence-electron chi connectivity index (χ0n) is 5.68. The fraction of sp³-hybridized carbons (Fsp3) is 0.667. The van der Waals surface area contributed by atoms with Gasteiger partial charge in [0, 0.05) is 13.3 Å². The number of hydrogen-bond donors (Lipinski definition) is 1. The molecule has 1 unspecified atom stereocenters. The number of hydrogen-bond acceptors (Lipinski definition) is 3. The second-order valence-electron chi connectivity index (χ2n) is 2.30. The molecule has 0 fully saturated rings. The molecule has 1 heterocycles. The van der Waals surface area contributed by atoms with Crippen LogP contribution in [0.3, 0.4) is 0 Å². The van der Waals surface area contributed by atoms with E-state index >= 15 is 0 Å². The maximum absolute atomic E-state index is 5.09. The summed E-state index contributed by atoms with van der Waals surface area (Å²) in [5.74, 6) is 0. The van der Waals surface area contributed by atoms with Gasteiger partial charge in [-0.3, -0.25) is 10.3 Å². The van der Waals surface area contributed by atoms with Gasteiger partial charge < -0.3 is 4.74 Å². The Morgan fingerprint density at radius 3 is 3.00 bits per heavy atom. The fourth-order valence-corrected chi connectivity index (χ4v) is 0.777. The first-order chi connectivity index (χ1) is 4.27. The molecule has 0 aliphatic carbocycles. The Morgan fingerprint density at radius 1 is 1.78 bits per heavy atom. The standard InChI is InChI=1S/C6H11NO2/c1-6(5-8-2)3-4-7-9-6/h3-4,7H,5H2,1-2H3. The molecule has 0 radical (unpaired) electrons. The van der Waals surface area contributed by atoms with Crippen LogP contribution >= 0.6 is 0 Å². The molecule has 1 aliphatic rings. The zero-order chi connectivity index (χ0) is 6.74. The Morgan fingerprint density at radius 2 is 2.56 bits per heavy atom. The predicted molar refractivity (Wildman–Crippen MR) is 33.6 cm³/mol. The van der Waals surface area contributed by atoms with Gasteiger partial charge in [-0.25, -0.2) is 0 Å². The van der Waals surface area contributed by atoms with Crippen LogP contribution in [0, 0.1) is 0 Å². The van der Waals surface area contributed by atoms with Gasteiger partial charge in [0.25, 0.3) is 0 Å². The van der Waals surface area contributed by atoms with Crippen LogP contribution in [-0.2, 0) is 9.57 Å². The summed E-state index contributed by atoms with van der Waals surface area (Å²) in [5, 5.41) is 0. The van der Waals surface area contributed by atoms with Gasteiger partial charge in [-0.15, -0.1) is 0 Å². The summed E-state index contributed by atoms with van der Waals surface area (Å²) in [6.07, 6.45) is 3.69. The molecule has 1 N–H and O–H groups in total. The molecule has 0 amide bonds. The Kier molecular flexibility index (Phi) is 1.73. The van der Waals surface area contributed by atoms with Gasteiger partial charge >= 0.3 is 0 Å². The van der Waals surface area contributed by atoms with Crippen molar-refractivity contribution in [2.45, 2.75) is 12.5 Å². The minimum Gasteiger partial charge on any atom is -0.381 e. The van der Waals surface area contributed by atoms with E-state index in [0.717, 1.165) is 0 Å². The van der Waals surface area contributed by atoms with E-state index in [1.165, 1.54) is 0 Å². The predicted octanol–water partition coefficient (Wildman–Crippen LogP) is 0.440. The molecular formula is C6H11NO2. The van der Waals surface area contributed by atoms with Crippen molar-refractivity contribution in [3.05, 3.63) is 12.3 Å². The largest absolute Gasteiger partial charge is 0.381 e. The third kappa shape index (κ3) is 1.43. The molecule has 0 aromatic carbocycles. The summed E-state index contributed by atoms with van der Waals surface area (Å²) < 4.78 is 4.91. The number of hydroxylamine groups is 1. The lowest BCUT2D eigenvalue weighted by Gasteiger charge is -2.18. The lowest BCUT2D eigenvalue weighted by Crippen LogP contribution is -2.30. The average Bonchev–Trinajstić information content (AvgIpc) is 2.16. The summed E-state index contributed by atoms with van der Waals surface area (Å²) in [5.41, 5.74) is 2.37. The van der Waals surface area contributed by atoms with Crippen LogP contribution in [0.1, 0.15) is 6.92 Å². The number of nitrogens with one attached hydrogen (secondary N) is 1. The van der Waals surface area contributed by atoms with Crippen LogP contribution in [0.2, 0.25) is 0 Å². The average molecular weight is 129 g/mol. The first-order valence-electron chi connectivity index (χ1n) is 2.87. The molecule has 1 rings (SSSR count). The van der Waals surface area contributed by atoms with Crippen LogP contribution in [0.25, 0.3) is 0 Å². The second kappa shape index (κ2) is 2.37. The molecule has 0 saturated heterocycles. The molecule has 3 heteroatoms. The molecule has 9 heavy (non-hydrogen) atoms. The Bertz CT molecular complexity index is 124. The first kappa shape index (κ1) is 6.58. The summed E-state index contributed by atoms with van der Waals surface area (Å²) in [4.78, 5) is 5.09. The quantitative estimate of drug-likeness (QED) is 0.586. The molecule has 0 saturated carbocycles. The molecule has 1 atom stereocenters. The van der Waals surface area contributed by atoms with Gasteiger partial charge in [-0.05, 0) is 13.0 Å². The normalized spacial score (nSPS) is 32.7. The maximum atomic E-state index is 5.09. The summed E-state index contributed by atoms with van der Waals surface area (Å²) >= 11 is 0. The van der Waals surface area contributed by atoms with Crippen molar-refractivity contribution in [3.8, 4) is 0 Å². The molecule has 0 aromatic rings. The lowest BCUT2D eigenvalue weighted by atomic mass is 10.1. The monoisotopic (exact) mass is 129 g/mol. The van der Waals surface area contributed by atoms with Gasteiger partial charge in [0.1, 0.15) is 5.60 Å². The van der Waals surface area contributed by atoms with E-state index < -0.39 is 0 Å². The van der Waals surface area contributed by atoms with Gasteiger partial charge in [-0.1, -0.05) is 0 Å². The fourth-order valence-electron chi connectivity index (χ4n) is 0.777. The van der Waals surface area contributed by atoms with Gasteiger partial charge in [0.15, 0.2) is 0 Å². The number of ether oxygens (including phenoxy) is 1. The van der Waals surface area contributed by atoms with Crippen LogP contribution in [-0.4, -0.2) is 19.3 Å². The highest BCUT2D eigenvalue weighted by molar-refractivity contribution is 5.01. The summed E-state index contributed by atoms with van der Waals surface area (Å²) in [6, 6.07) is 0. The lowest BCUT2D eigenvalue weighted by molar-refractivity contribution is -0.0654. The highest BCUT2D eigenvalue weighted by Crippen LogP contribution is 2.14. The van der Waals surface area contributed by atoms with Crippen molar-refractivity contribution >= 4 is 0 Å². The Labute approximate surface area is 54.6 Å². The van der Waals surface area contributed by atoms with E-state index in [1.807, 2.05) is 13.0 Å². The maximum Gasteiger partial charge on any atom is 0.136 e. The van der Waals surface area contributed by atoms with Crippen LogP contribution < -0.4 is 5.48 Å². The Hall–Kier alpha value is -0.540. The highest BCUT2D eigenvalue weighted by atomic mass is 16.7. The molecule has 52 valence electrons. The van der Waals surface area contributed by atoms with E-state index in [9.17, 15) is 0 Å². The summed E-state index contributed by atoms with van der Waals surface area (Å²) in [7, 11) is 1.65. The number of rotatable bonds is 2. The van der Waals surface area contributed by atoms with Crippen molar-refractivity contribution < 1.29 is 9.57 Å². The zero-order valence-corrected chi connectivity index (χ0v) is 5.68. The van der Waals surface area contributed by atoms with E-state index in [-0.39, 0.29) is 5.60 Å². The van der Waals surface area contributed by atoms with Gasteiger partial charge in [0.2, 0.25) is 0 Å². The van der Waals surface area contributed by atoms with Crippen molar-refractivity contribution in [1.82, 2.24) is 5.48 Å². The Balaban J connectivity index is 2.42. The van der Waals surface area contributed by atoms with Crippen molar-refractivity contribution in [1.29, 1.82) is 0 Å². The minimum absolute atomic E-state index is 0.269. The van der Waals surface area contributed by atoms with E-state index in [2.05, 4.69) is 5.48 Å². The SMILES string of the molecule is COCC1(C)C=CNO1. The minimum atomic E-state index is -0.269. The third-order valence-electron chi connectivity index (χ3n) is 1.23. The second-order valence-corrected chi connectivity index (χ2v) is 2.30. The van der Waals surface area contributed by atoms with Crippen molar-refractivity contribution in [2.75, 3.05) is 13.7 Å². The number of methoxy groups -OCH3 is 1. The van der Waals surface area contributed by atoms with Crippen LogP contribution in [0.15, 0.2) is 12.3 Å². The van der Waals surface area contributed by atoms with Crippen LogP contribution in [0.5, 0.6) is 0 Å². The smallest absolute Gasteiger partial charge is 0.136 e. The molecular weight excluding hydrogens is 118 g/mol. The highest BCUT2D eigenvalue weighted by Gasteiger charge is 2.25. The molecule has 1 aliphatic heterocycles. The van der Waals surface area contributed by atoms with Crippen molar-refractivity contribution in [3.63, 3.8) is 0 Å². The molecule has 0 aromatic heterocycles. The summed E-state index contributed by atoms with van der Waals surface area (Å²) in [6.45, 7) is 2.53. The van der Waals surface area contributed by atoms with Crippen molar-refractivity contribution in [2.24, 2.45) is 0 Å². The van der Waals surface area contributed by atoms with E-state index in [1.54, 1.807) is 13.3 Å². The molecule has 0 spiro atoms. The van der Waals surface area contributed by atoms with E-state index in [4.69, 9.17) is 9.57 Å².